The summed E-state index contributed by atoms with van der Waals surface area (Å²) in [6.45, 7) is 2.25. The van der Waals surface area contributed by atoms with Gasteiger partial charge in [0.2, 0.25) is 11.8 Å². The fraction of sp³-hybridized carbons (Fsp3) is 0.250. The van der Waals surface area contributed by atoms with Gasteiger partial charge < -0.3 is 10.6 Å². The average molecular weight is 263 g/mol. The topological polar surface area (TPSA) is 75.4 Å². The predicted octanol–water partition coefficient (Wildman–Crippen LogP) is 0.0920. The second-order valence-electron chi connectivity index (χ2n) is 4.19. The normalized spacial score (nSPS) is 15.5. The molecule has 1 aliphatic heterocycles. The lowest BCUT2D eigenvalue weighted by Gasteiger charge is -2.27. The highest BCUT2D eigenvalue weighted by atomic mass is 32.1. The molecule has 0 atom stereocenters. The summed E-state index contributed by atoms with van der Waals surface area (Å²) in [5.74, 6) is -0.579. The van der Waals surface area contributed by atoms with Crippen LogP contribution in [0.15, 0.2) is 18.2 Å². The standard InChI is InChI=1S/C12H13N3O2S/c1-7-4-8(2-3-9(7)12(13)18)15-5-10(16)14-11(17)6-15/h2-4H,5-6H2,1H3,(H2,13,18)(H,14,16,17). The second-order valence-corrected chi connectivity index (χ2v) is 4.63. The maximum absolute atomic E-state index is 11.3. The molecule has 2 amide bonds. The number of amides is 2. The van der Waals surface area contributed by atoms with E-state index in [0.717, 1.165) is 16.8 Å². The molecule has 0 bridgehead atoms. The lowest BCUT2D eigenvalue weighted by molar-refractivity contribution is -0.130. The molecule has 1 aromatic carbocycles. The van der Waals surface area contributed by atoms with Crippen molar-refractivity contribution in [2.24, 2.45) is 5.73 Å². The van der Waals surface area contributed by atoms with Gasteiger partial charge in [0, 0.05) is 11.3 Å². The maximum atomic E-state index is 11.3. The molecule has 0 saturated carbocycles. The monoisotopic (exact) mass is 263 g/mol. The SMILES string of the molecule is Cc1cc(N2CC(=O)NC(=O)C2)ccc1C(N)=S. The molecule has 3 N–H and O–H groups in total. The van der Waals surface area contributed by atoms with E-state index in [-0.39, 0.29) is 24.9 Å². The fourth-order valence-electron chi connectivity index (χ4n) is 1.94. The molecule has 0 radical (unpaired) electrons. The van der Waals surface area contributed by atoms with Crippen LogP contribution < -0.4 is 16.0 Å². The Hall–Kier alpha value is -1.95. The minimum atomic E-state index is -0.290. The highest BCUT2D eigenvalue weighted by molar-refractivity contribution is 7.80. The lowest BCUT2D eigenvalue weighted by atomic mass is 10.1. The fourth-order valence-corrected chi connectivity index (χ4v) is 2.17. The smallest absolute Gasteiger partial charge is 0.246 e. The van der Waals surface area contributed by atoms with Crippen molar-refractivity contribution in [3.63, 3.8) is 0 Å². The van der Waals surface area contributed by atoms with Crippen molar-refractivity contribution in [3.8, 4) is 0 Å². The van der Waals surface area contributed by atoms with E-state index in [0.29, 0.717) is 4.99 Å². The van der Waals surface area contributed by atoms with E-state index in [1.165, 1.54) is 0 Å². The maximum Gasteiger partial charge on any atom is 0.246 e. The highest BCUT2D eigenvalue weighted by Crippen LogP contribution is 2.20. The summed E-state index contributed by atoms with van der Waals surface area (Å²) in [7, 11) is 0. The Morgan fingerprint density at radius 1 is 1.33 bits per heavy atom. The Labute approximate surface area is 110 Å². The van der Waals surface area contributed by atoms with Crippen LogP contribution in [-0.4, -0.2) is 29.9 Å². The number of hydrogen-bond acceptors (Lipinski definition) is 4. The molecule has 2 rings (SSSR count). The summed E-state index contributed by atoms with van der Waals surface area (Å²) in [5, 5.41) is 2.26. The van der Waals surface area contributed by atoms with Crippen LogP contribution in [0.4, 0.5) is 5.69 Å². The van der Waals surface area contributed by atoms with Gasteiger partial charge in [0.05, 0.1) is 13.1 Å². The van der Waals surface area contributed by atoms with Gasteiger partial charge in [-0.15, -0.1) is 0 Å². The Morgan fingerprint density at radius 3 is 2.44 bits per heavy atom. The van der Waals surface area contributed by atoms with Crippen molar-refractivity contribution in [1.29, 1.82) is 0 Å². The van der Waals surface area contributed by atoms with Gasteiger partial charge in [0.15, 0.2) is 0 Å². The minimum Gasteiger partial charge on any atom is -0.389 e. The molecule has 0 spiro atoms. The Balaban J connectivity index is 2.29. The third kappa shape index (κ3) is 2.48. The summed E-state index contributed by atoms with van der Waals surface area (Å²) in [6, 6.07) is 5.50. The summed E-state index contributed by atoms with van der Waals surface area (Å²) < 4.78 is 0. The van der Waals surface area contributed by atoms with Crippen LogP contribution in [0.3, 0.4) is 0 Å². The Kier molecular flexibility index (Phi) is 3.29. The number of aryl methyl sites for hydroxylation is 1. The molecular weight excluding hydrogens is 250 g/mol. The summed E-state index contributed by atoms with van der Waals surface area (Å²) in [5.41, 5.74) is 8.14. The van der Waals surface area contributed by atoms with Crippen LogP contribution in [0.2, 0.25) is 0 Å². The number of anilines is 1. The molecule has 5 nitrogen and oxygen atoms in total. The number of rotatable bonds is 2. The van der Waals surface area contributed by atoms with Gasteiger partial charge in [-0.25, -0.2) is 0 Å². The molecule has 94 valence electrons. The zero-order valence-electron chi connectivity index (χ0n) is 9.90. The highest BCUT2D eigenvalue weighted by Gasteiger charge is 2.22. The van der Waals surface area contributed by atoms with E-state index in [1.807, 2.05) is 25.1 Å². The van der Waals surface area contributed by atoms with Gasteiger partial charge in [0.25, 0.3) is 0 Å². The van der Waals surface area contributed by atoms with E-state index in [9.17, 15) is 9.59 Å². The van der Waals surface area contributed by atoms with E-state index in [4.69, 9.17) is 18.0 Å². The first-order valence-corrected chi connectivity index (χ1v) is 5.86. The largest absolute Gasteiger partial charge is 0.389 e. The van der Waals surface area contributed by atoms with Gasteiger partial charge in [-0.2, -0.15) is 0 Å². The van der Waals surface area contributed by atoms with E-state index in [1.54, 1.807) is 4.90 Å². The van der Waals surface area contributed by atoms with Crippen LogP contribution in [-0.2, 0) is 9.59 Å². The van der Waals surface area contributed by atoms with E-state index in [2.05, 4.69) is 5.32 Å². The number of piperazine rings is 1. The zero-order chi connectivity index (χ0) is 13.3. The van der Waals surface area contributed by atoms with Gasteiger partial charge in [0.1, 0.15) is 4.99 Å². The second kappa shape index (κ2) is 4.73. The molecule has 6 heteroatoms. The zero-order valence-corrected chi connectivity index (χ0v) is 10.7. The van der Waals surface area contributed by atoms with Crippen LogP contribution >= 0.6 is 12.2 Å². The molecule has 0 unspecified atom stereocenters. The van der Waals surface area contributed by atoms with Crippen molar-refractivity contribution < 1.29 is 9.59 Å². The number of nitrogens with one attached hydrogen (secondary N) is 1. The van der Waals surface area contributed by atoms with Crippen molar-refractivity contribution in [1.82, 2.24) is 5.32 Å². The summed E-state index contributed by atoms with van der Waals surface area (Å²) in [4.78, 5) is 24.7. The molecule has 1 saturated heterocycles. The van der Waals surface area contributed by atoms with Crippen molar-refractivity contribution in [2.45, 2.75) is 6.92 Å². The van der Waals surface area contributed by atoms with Crippen LogP contribution in [0, 0.1) is 6.92 Å². The molecule has 0 aliphatic carbocycles. The molecule has 1 aromatic rings. The minimum absolute atomic E-state index is 0.178. The van der Waals surface area contributed by atoms with Crippen molar-refractivity contribution in [3.05, 3.63) is 29.3 Å². The summed E-state index contributed by atoms with van der Waals surface area (Å²) >= 11 is 4.93. The Bertz CT molecular complexity index is 526. The molecule has 0 aromatic heterocycles. The Morgan fingerprint density at radius 2 is 1.94 bits per heavy atom. The number of hydrogen-bond donors (Lipinski definition) is 2. The number of carbonyl (C=O) groups is 2. The quantitative estimate of drug-likeness (QED) is 0.584. The number of imide groups is 1. The van der Waals surface area contributed by atoms with Crippen LogP contribution in [0.25, 0.3) is 0 Å². The number of thiocarbonyl (C=S) groups is 1. The predicted molar refractivity (Wildman–Crippen MR) is 72.4 cm³/mol. The molecular formula is C12H13N3O2S. The third-order valence-corrected chi connectivity index (χ3v) is 3.01. The first-order chi connectivity index (χ1) is 8.47. The van der Waals surface area contributed by atoms with Gasteiger partial charge in [-0.3, -0.25) is 14.9 Å². The van der Waals surface area contributed by atoms with Gasteiger partial charge >= 0.3 is 0 Å². The number of benzene rings is 1. The van der Waals surface area contributed by atoms with Crippen LogP contribution in [0.5, 0.6) is 0 Å². The first kappa shape index (κ1) is 12.5. The lowest BCUT2D eigenvalue weighted by Crippen LogP contribution is -2.51. The van der Waals surface area contributed by atoms with Crippen molar-refractivity contribution >= 4 is 34.7 Å². The molecule has 1 heterocycles. The molecule has 1 aliphatic rings. The third-order valence-electron chi connectivity index (χ3n) is 2.79. The number of nitrogens with zero attached hydrogens (tertiary/aromatic N) is 1. The van der Waals surface area contributed by atoms with E-state index >= 15 is 0 Å². The first-order valence-electron chi connectivity index (χ1n) is 5.45. The molecule has 1 fully saturated rings. The van der Waals surface area contributed by atoms with Crippen molar-refractivity contribution in [2.75, 3.05) is 18.0 Å². The van der Waals surface area contributed by atoms with Gasteiger partial charge in [-0.1, -0.05) is 12.2 Å². The molecule has 18 heavy (non-hydrogen) atoms. The number of nitrogens with two attached hydrogens (primary N) is 1. The van der Waals surface area contributed by atoms with Gasteiger partial charge in [-0.05, 0) is 30.7 Å². The van der Waals surface area contributed by atoms with Crippen LogP contribution in [0.1, 0.15) is 11.1 Å². The summed E-state index contributed by atoms with van der Waals surface area (Å²) in [6.07, 6.45) is 0. The van der Waals surface area contributed by atoms with E-state index < -0.39 is 0 Å². The average Bonchev–Trinajstić information content (AvgIpc) is 2.26. The number of carbonyl (C=O) groups excluding carboxylic acids is 2.